The summed E-state index contributed by atoms with van der Waals surface area (Å²) in [6, 6.07) is 17.0. The Kier molecular flexibility index (Phi) is 6.08. The van der Waals surface area contributed by atoms with Gasteiger partial charge in [0, 0.05) is 30.9 Å². The van der Waals surface area contributed by atoms with Crippen molar-refractivity contribution in [1.82, 2.24) is 15.1 Å². The summed E-state index contributed by atoms with van der Waals surface area (Å²) in [5, 5.41) is 6.97. The highest BCUT2D eigenvalue weighted by molar-refractivity contribution is 6.09. The second-order valence-corrected chi connectivity index (χ2v) is 7.79. The molecule has 33 heavy (non-hydrogen) atoms. The molecule has 0 unspecified atom stereocenters. The van der Waals surface area contributed by atoms with E-state index in [4.69, 9.17) is 9.26 Å². The minimum absolute atomic E-state index is 0.303. The number of rotatable bonds is 6. The molecule has 0 saturated heterocycles. The summed E-state index contributed by atoms with van der Waals surface area (Å²) in [5.41, 5.74) is 4.60. The summed E-state index contributed by atoms with van der Waals surface area (Å²) in [5.74, 6) is 1.21. The summed E-state index contributed by atoms with van der Waals surface area (Å²) in [6.07, 6.45) is 0. The number of aromatic nitrogens is 3. The molecular formula is C25H25N5O3. The summed E-state index contributed by atoms with van der Waals surface area (Å²) in [7, 11) is 5.40. The summed E-state index contributed by atoms with van der Waals surface area (Å²) >= 11 is 0. The van der Waals surface area contributed by atoms with Crippen molar-refractivity contribution >= 4 is 17.4 Å². The van der Waals surface area contributed by atoms with Gasteiger partial charge in [-0.2, -0.15) is 0 Å². The number of nitrogens with zero attached hydrogens (tertiary/aromatic N) is 4. The van der Waals surface area contributed by atoms with E-state index in [1.54, 1.807) is 13.0 Å². The van der Waals surface area contributed by atoms with E-state index < -0.39 is 0 Å². The number of benzene rings is 1. The molecule has 4 aromatic rings. The van der Waals surface area contributed by atoms with Crippen LogP contribution in [0.4, 0.5) is 11.5 Å². The maximum absolute atomic E-state index is 13.2. The Balaban J connectivity index is 1.66. The van der Waals surface area contributed by atoms with E-state index in [0.29, 0.717) is 34.3 Å². The zero-order chi connectivity index (χ0) is 23.5. The van der Waals surface area contributed by atoms with Crippen molar-refractivity contribution in [3.05, 3.63) is 71.6 Å². The molecular weight excluding hydrogens is 418 g/mol. The molecule has 3 heterocycles. The van der Waals surface area contributed by atoms with Crippen molar-refractivity contribution in [1.29, 1.82) is 0 Å². The average molecular weight is 444 g/mol. The molecule has 0 fully saturated rings. The van der Waals surface area contributed by atoms with Crippen LogP contribution in [0.5, 0.6) is 5.88 Å². The number of pyridine rings is 2. The standard InChI is InChI=1S/C25H25N5O3/c1-15-13-18(14-21(26-15)30(3)4)19-11-12-20(25(28-19)32-5)27-24(31)22-16(2)33-29-23(22)17-9-7-6-8-10-17/h6-14H,1-5H3,(H,27,31). The third kappa shape index (κ3) is 4.55. The summed E-state index contributed by atoms with van der Waals surface area (Å²) < 4.78 is 10.8. The lowest BCUT2D eigenvalue weighted by Crippen LogP contribution is -2.14. The van der Waals surface area contributed by atoms with Gasteiger partial charge in [0.25, 0.3) is 5.91 Å². The molecule has 4 rings (SSSR count). The number of anilines is 2. The number of carbonyl (C=O) groups excluding carboxylic acids is 1. The maximum Gasteiger partial charge on any atom is 0.261 e. The van der Waals surface area contributed by atoms with Gasteiger partial charge in [-0.05, 0) is 38.1 Å². The quantitative estimate of drug-likeness (QED) is 0.460. The third-order valence-corrected chi connectivity index (χ3v) is 5.13. The predicted molar refractivity (Wildman–Crippen MR) is 128 cm³/mol. The third-order valence-electron chi connectivity index (χ3n) is 5.13. The SMILES string of the molecule is COc1nc(-c2cc(C)nc(N(C)C)c2)ccc1NC(=O)c1c(-c2ccccc2)noc1C. The minimum atomic E-state index is -0.352. The van der Waals surface area contributed by atoms with Gasteiger partial charge in [-0.15, -0.1) is 0 Å². The first-order valence-corrected chi connectivity index (χ1v) is 10.4. The van der Waals surface area contributed by atoms with Crippen LogP contribution >= 0.6 is 0 Å². The zero-order valence-electron chi connectivity index (χ0n) is 19.2. The molecule has 0 aliphatic carbocycles. The molecule has 1 amide bonds. The Morgan fingerprint density at radius 2 is 1.76 bits per heavy atom. The van der Waals surface area contributed by atoms with Crippen molar-refractivity contribution in [3.63, 3.8) is 0 Å². The molecule has 0 aliphatic rings. The summed E-state index contributed by atoms with van der Waals surface area (Å²) in [6.45, 7) is 3.65. The van der Waals surface area contributed by atoms with Gasteiger partial charge in [0.05, 0.1) is 12.8 Å². The van der Waals surface area contributed by atoms with Crippen LogP contribution in [-0.4, -0.2) is 42.2 Å². The summed E-state index contributed by atoms with van der Waals surface area (Å²) in [4.78, 5) is 24.2. The lowest BCUT2D eigenvalue weighted by molar-refractivity contribution is 0.102. The smallest absolute Gasteiger partial charge is 0.261 e. The van der Waals surface area contributed by atoms with Crippen LogP contribution in [0.3, 0.4) is 0 Å². The van der Waals surface area contributed by atoms with Crippen LogP contribution in [0.15, 0.2) is 59.1 Å². The molecule has 0 radical (unpaired) electrons. The van der Waals surface area contributed by atoms with Crippen molar-refractivity contribution in [3.8, 4) is 28.4 Å². The van der Waals surface area contributed by atoms with Crippen molar-refractivity contribution < 1.29 is 14.1 Å². The Hall–Kier alpha value is -4.20. The van der Waals surface area contributed by atoms with E-state index in [9.17, 15) is 4.79 Å². The molecule has 0 spiro atoms. The van der Waals surface area contributed by atoms with Crippen molar-refractivity contribution in [2.24, 2.45) is 0 Å². The fraction of sp³-hybridized carbons (Fsp3) is 0.200. The molecule has 1 aromatic carbocycles. The van der Waals surface area contributed by atoms with Gasteiger partial charge in [0.2, 0.25) is 5.88 Å². The highest BCUT2D eigenvalue weighted by Crippen LogP contribution is 2.31. The number of ether oxygens (including phenoxy) is 1. The van der Waals surface area contributed by atoms with Gasteiger partial charge in [-0.25, -0.2) is 9.97 Å². The Labute approximate surface area is 192 Å². The van der Waals surface area contributed by atoms with Gasteiger partial charge < -0.3 is 19.5 Å². The predicted octanol–water partition coefficient (Wildman–Crippen LogP) is 4.74. The molecule has 0 aliphatic heterocycles. The fourth-order valence-corrected chi connectivity index (χ4v) is 3.50. The lowest BCUT2D eigenvalue weighted by Gasteiger charge is -2.15. The molecule has 1 N–H and O–H groups in total. The normalized spacial score (nSPS) is 10.7. The molecule has 168 valence electrons. The zero-order valence-corrected chi connectivity index (χ0v) is 19.2. The first kappa shape index (κ1) is 22.0. The average Bonchev–Trinajstić information content (AvgIpc) is 3.21. The molecule has 0 atom stereocenters. The second kappa shape index (κ2) is 9.12. The van der Waals surface area contributed by atoms with Crippen LogP contribution in [0.2, 0.25) is 0 Å². The number of nitrogens with one attached hydrogen (secondary N) is 1. The lowest BCUT2D eigenvalue weighted by atomic mass is 10.1. The van der Waals surface area contributed by atoms with Crippen molar-refractivity contribution in [2.75, 3.05) is 31.4 Å². The maximum atomic E-state index is 13.2. The monoisotopic (exact) mass is 443 g/mol. The Morgan fingerprint density at radius 1 is 1.00 bits per heavy atom. The highest BCUT2D eigenvalue weighted by atomic mass is 16.5. The number of aryl methyl sites for hydroxylation is 2. The van der Waals surface area contributed by atoms with Crippen LogP contribution in [0.1, 0.15) is 21.8 Å². The second-order valence-electron chi connectivity index (χ2n) is 7.79. The van der Waals surface area contributed by atoms with Gasteiger partial charge in [0.1, 0.15) is 28.5 Å². The highest BCUT2D eigenvalue weighted by Gasteiger charge is 2.23. The van der Waals surface area contributed by atoms with Crippen molar-refractivity contribution in [2.45, 2.75) is 13.8 Å². The fourth-order valence-electron chi connectivity index (χ4n) is 3.50. The first-order chi connectivity index (χ1) is 15.9. The van der Waals surface area contributed by atoms with E-state index in [0.717, 1.165) is 22.6 Å². The molecule has 0 saturated carbocycles. The number of hydrogen-bond donors (Lipinski definition) is 1. The molecule has 8 nitrogen and oxygen atoms in total. The molecule has 3 aromatic heterocycles. The van der Waals surface area contributed by atoms with E-state index in [1.807, 2.05) is 74.4 Å². The van der Waals surface area contributed by atoms with Crippen LogP contribution in [-0.2, 0) is 0 Å². The van der Waals surface area contributed by atoms with E-state index >= 15 is 0 Å². The van der Waals surface area contributed by atoms with Gasteiger partial charge in [0.15, 0.2) is 0 Å². The van der Waals surface area contributed by atoms with Crippen LogP contribution in [0, 0.1) is 13.8 Å². The van der Waals surface area contributed by atoms with Gasteiger partial charge >= 0.3 is 0 Å². The number of carbonyl (C=O) groups is 1. The number of amides is 1. The van der Waals surface area contributed by atoms with Gasteiger partial charge in [-0.3, -0.25) is 4.79 Å². The van der Waals surface area contributed by atoms with Gasteiger partial charge in [-0.1, -0.05) is 35.5 Å². The van der Waals surface area contributed by atoms with E-state index in [1.165, 1.54) is 7.11 Å². The van der Waals surface area contributed by atoms with E-state index in [-0.39, 0.29) is 5.91 Å². The topological polar surface area (TPSA) is 93.4 Å². The Bertz CT molecular complexity index is 1300. The Morgan fingerprint density at radius 3 is 2.45 bits per heavy atom. The largest absolute Gasteiger partial charge is 0.479 e. The molecule has 8 heteroatoms. The van der Waals surface area contributed by atoms with Crippen LogP contribution < -0.4 is 15.0 Å². The number of hydrogen-bond acceptors (Lipinski definition) is 7. The first-order valence-electron chi connectivity index (χ1n) is 10.4. The minimum Gasteiger partial charge on any atom is -0.479 e. The van der Waals surface area contributed by atoms with E-state index in [2.05, 4.69) is 20.4 Å². The number of methoxy groups -OCH3 is 1. The molecule has 0 bridgehead atoms. The van der Waals surface area contributed by atoms with Crippen LogP contribution in [0.25, 0.3) is 22.5 Å².